The van der Waals surface area contributed by atoms with Crippen molar-refractivity contribution < 1.29 is 4.79 Å². The molecule has 0 spiro atoms. The van der Waals surface area contributed by atoms with Crippen LogP contribution < -0.4 is 0 Å². The van der Waals surface area contributed by atoms with Gasteiger partial charge in [-0.15, -0.1) is 0 Å². The van der Waals surface area contributed by atoms with Gasteiger partial charge in [0.25, 0.3) is 0 Å². The number of nitriles is 1. The Balaban J connectivity index is 1.52. The van der Waals surface area contributed by atoms with Gasteiger partial charge in [0.2, 0.25) is 0 Å². The van der Waals surface area contributed by atoms with Gasteiger partial charge in [-0.1, -0.05) is 97.9 Å². The van der Waals surface area contributed by atoms with E-state index in [-0.39, 0.29) is 22.0 Å². The van der Waals surface area contributed by atoms with Crippen LogP contribution in [0.5, 0.6) is 0 Å². The fourth-order valence-electron chi connectivity index (χ4n) is 9.22. The predicted octanol–water partition coefficient (Wildman–Crippen LogP) is 11.8. The smallest absolute Gasteiger partial charge is 0.173 e. The molecule has 0 atom stereocenters. The highest BCUT2D eigenvalue weighted by Gasteiger charge is 2.42. The lowest BCUT2D eigenvalue weighted by Gasteiger charge is -2.32. The Morgan fingerprint density at radius 2 is 1.31 bits per heavy atom. The Morgan fingerprint density at radius 3 is 2.00 bits per heavy atom. The summed E-state index contributed by atoms with van der Waals surface area (Å²) in [5.74, 6) is 0.145. The van der Waals surface area contributed by atoms with Gasteiger partial charge in [-0.05, 0) is 105 Å². The molecule has 3 nitrogen and oxygen atoms in total. The van der Waals surface area contributed by atoms with Crippen molar-refractivity contribution in [2.45, 2.75) is 90.9 Å². The van der Waals surface area contributed by atoms with E-state index >= 15 is 0 Å². The zero-order valence-electron chi connectivity index (χ0n) is 30.2. The van der Waals surface area contributed by atoms with Gasteiger partial charge in [0.1, 0.15) is 0 Å². The number of carbonyl (C=O) groups excluding carboxylic acids is 1. The van der Waals surface area contributed by atoms with Crippen LogP contribution in [0.4, 0.5) is 0 Å². The highest BCUT2D eigenvalue weighted by Crippen LogP contribution is 2.56. The maximum atomic E-state index is 14.3. The SMILES string of the molecule is CC(C)(C)c1ccc2c(c1)-c1c(c(C#N)cc3c1c1cc(C(C)(C)C)cc4c5cc6c(cc5n3c41)C(=O)C(C)(C)c1ccccc1-6)C2(C)C. The summed E-state index contributed by atoms with van der Waals surface area (Å²) in [4.78, 5) is 14.3. The highest BCUT2D eigenvalue weighted by molar-refractivity contribution is 6.28. The number of hydrogen-bond acceptors (Lipinski definition) is 2. The van der Waals surface area contributed by atoms with Gasteiger partial charge in [-0.3, -0.25) is 4.79 Å². The number of hydrogen-bond donors (Lipinski definition) is 0. The minimum atomic E-state index is -0.633. The van der Waals surface area contributed by atoms with Crippen molar-refractivity contribution in [3.8, 4) is 28.3 Å². The zero-order valence-corrected chi connectivity index (χ0v) is 30.2. The van der Waals surface area contributed by atoms with Crippen LogP contribution in [-0.4, -0.2) is 10.2 Å². The summed E-state index contributed by atoms with van der Waals surface area (Å²) < 4.78 is 2.36. The summed E-state index contributed by atoms with van der Waals surface area (Å²) >= 11 is 0. The van der Waals surface area contributed by atoms with Crippen LogP contribution in [0.3, 0.4) is 0 Å². The van der Waals surface area contributed by atoms with E-state index in [1.807, 2.05) is 19.9 Å². The normalized spacial score (nSPS) is 16.3. The van der Waals surface area contributed by atoms with E-state index in [2.05, 4.69) is 133 Å². The third-order valence-corrected chi connectivity index (χ3v) is 12.0. The molecule has 3 heteroatoms. The highest BCUT2D eigenvalue weighted by atomic mass is 16.1. The van der Waals surface area contributed by atoms with Crippen LogP contribution in [0.25, 0.3) is 60.3 Å². The van der Waals surface area contributed by atoms with Crippen LogP contribution in [0.1, 0.15) is 113 Å². The third kappa shape index (κ3) is 3.65. The van der Waals surface area contributed by atoms with Crippen LogP contribution in [0, 0.1) is 11.3 Å². The average molecular weight is 639 g/mol. The Kier molecular flexibility index (Phi) is 5.53. The second-order valence-electron chi connectivity index (χ2n) is 17.7. The van der Waals surface area contributed by atoms with E-state index in [1.165, 1.54) is 44.0 Å². The number of fused-ring (bicyclic) bond motifs is 13. The summed E-state index contributed by atoms with van der Waals surface area (Å²) in [7, 11) is 0. The van der Waals surface area contributed by atoms with E-state index < -0.39 is 5.41 Å². The monoisotopic (exact) mass is 638 g/mol. The summed E-state index contributed by atoms with van der Waals surface area (Å²) in [6.45, 7) is 22.3. The lowest BCUT2D eigenvalue weighted by Crippen LogP contribution is -2.33. The van der Waals surface area contributed by atoms with Gasteiger partial charge in [-0.25, -0.2) is 0 Å². The molecular formula is C46H42N2O. The molecule has 2 aliphatic carbocycles. The molecular weight excluding hydrogens is 597 g/mol. The van der Waals surface area contributed by atoms with Crippen LogP contribution in [0.2, 0.25) is 0 Å². The maximum Gasteiger partial charge on any atom is 0.173 e. The largest absolute Gasteiger partial charge is 0.308 e. The first-order valence-corrected chi connectivity index (χ1v) is 17.6. The number of carbonyl (C=O) groups is 1. The Bertz CT molecular complexity index is 2690. The molecule has 5 aromatic carbocycles. The molecule has 9 rings (SSSR count). The summed E-state index contributed by atoms with van der Waals surface area (Å²) in [5.41, 5.74) is 14.2. The first-order chi connectivity index (χ1) is 23.0. The molecule has 242 valence electrons. The molecule has 0 saturated heterocycles. The molecule has 0 amide bonds. The summed E-state index contributed by atoms with van der Waals surface area (Å²) in [5, 5.41) is 15.5. The van der Waals surface area contributed by atoms with Crippen LogP contribution >= 0.6 is 0 Å². The minimum Gasteiger partial charge on any atom is -0.308 e. The fraction of sp³-hybridized carbons (Fsp3) is 0.304. The van der Waals surface area contributed by atoms with E-state index in [1.54, 1.807) is 0 Å². The van der Waals surface area contributed by atoms with Crippen molar-refractivity contribution in [2.24, 2.45) is 0 Å². The summed E-state index contributed by atoms with van der Waals surface area (Å²) in [6.07, 6.45) is 0. The maximum absolute atomic E-state index is 14.3. The molecule has 0 unspecified atom stereocenters. The molecule has 0 radical (unpaired) electrons. The van der Waals surface area contributed by atoms with Gasteiger partial charge in [-0.2, -0.15) is 5.26 Å². The van der Waals surface area contributed by atoms with E-state index in [0.717, 1.165) is 55.3 Å². The van der Waals surface area contributed by atoms with Crippen LogP contribution in [-0.2, 0) is 21.7 Å². The van der Waals surface area contributed by atoms with E-state index in [4.69, 9.17) is 0 Å². The molecule has 2 aliphatic rings. The molecule has 0 aliphatic heterocycles. The molecule has 49 heavy (non-hydrogen) atoms. The van der Waals surface area contributed by atoms with Crippen molar-refractivity contribution in [1.29, 1.82) is 5.26 Å². The number of aromatic nitrogens is 1. The molecule has 7 aromatic rings. The van der Waals surface area contributed by atoms with Crippen molar-refractivity contribution in [3.63, 3.8) is 0 Å². The lowest BCUT2D eigenvalue weighted by molar-refractivity contribution is 0.0907. The van der Waals surface area contributed by atoms with Gasteiger partial charge >= 0.3 is 0 Å². The lowest BCUT2D eigenvalue weighted by atomic mass is 9.69. The molecule has 2 aromatic heterocycles. The first-order valence-electron chi connectivity index (χ1n) is 17.6. The Hall–Kier alpha value is -4.94. The van der Waals surface area contributed by atoms with Crippen molar-refractivity contribution in [1.82, 2.24) is 4.40 Å². The number of rotatable bonds is 0. The van der Waals surface area contributed by atoms with E-state index in [0.29, 0.717) is 0 Å². The first kappa shape index (κ1) is 30.1. The molecule has 0 fully saturated rings. The Morgan fingerprint density at radius 1 is 0.633 bits per heavy atom. The minimum absolute atomic E-state index is 0.0170. The van der Waals surface area contributed by atoms with Gasteiger partial charge < -0.3 is 4.40 Å². The van der Waals surface area contributed by atoms with Gasteiger partial charge in [0, 0.05) is 32.5 Å². The zero-order chi connectivity index (χ0) is 34.7. The fourth-order valence-corrected chi connectivity index (χ4v) is 9.22. The topological polar surface area (TPSA) is 45.3 Å². The van der Waals surface area contributed by atoms with Gasteiger partial charge in [0.05, 0.1) is 33.6 Å². The number of ketones is 1. The molecule has 0 saturated carbocycles. The van der Waals surface area contributed by atoms with Gasteiger partial charge in [0.15, 0.2) is 5.78 Å². The van der Waals surface area contributed by atoms with Crippen molar-refractivity contribution >= 4 is 43.9 Å². The van der Waals surface area contributed by atoms with Crippen molar-refractivity contribution in [2.75, 3.05) is 0 Å². The van der Waals surface area contributed by atoms with Crippen LogP contribution in [0.15, 0.2) is 72.8 Å². The second kappa shape index (κ2) is 8.99. The predicted molar refractivity (Wildman–Crippen MR) is 204 cm³/mol. The molecule has 0 N–H and O–H groups in total. The number of Topliss-reactive ketones (excluding diaryl/α,β-unsaturated/α-hetero) is 1. The number of benzene rings is 5. The molecule has 0 bridgehead atoms. The standard InChI is InChI=1S/C46H42N2O/c1-43(2,3)25-15-16-35-32(18-25)39-38-33-20-26(44(4,5)6)19-30-29-21-28-27-13-11-12-14-34(27)46(9,10)42(49)31(28)22-36(29)48(41(30)33)37(38)17-24(23-47)40(39)45(35,7)8/h11-22H,1-10H3. The van der Waals surface area contributed by atoms with Crippen molar-refractivity contribution in [3.05, 3.63) is 112 Å². The average Bonchev–Trinajstić information content (AvgIpc) is 3.63. The summed E-state index contributed by atoms with van der Waals surface area (Å²) in [6, 6.07) is 29.3. The van der Waals surface area contributed by atoms with E-state index in [9.17, 15) is 10.1 Å². The quantitative estimate of drug-likeness (QED) is 0.166. The number of nitrogens with zero attached hydrogens (tertiary/aromatic N) is 2. The Labute approximate surface area is 288 Å². The third-order valence-electron chi connectivity index (χ3n) is 12.0. The second-order valence-corrected chi connectivity index (χ2v) is 17.7. The molecule has 2 heterocycles.